The Morgan fingerprint density at radius 3 is 2.47 bits per heavy atom. The van der Waals surface area contributed by atoms with Gasteiger partial charge in [0.05, 0.1) is 0 Å². The van der Waals surface area contributed by atoms with E-state index in [1.54, 1.807) is 0 Å². The Morgan fingerprint density at radius 2 is 1.87 bits per heavy atom. The van der Waals surface area contributed by atoms with Crippen molar-refractivity contribution in [1.82, 2.24) is 10.6 Å². The van der Waals surface area contributed by atoms with Crippen LogP contribution in [0.2, 0.25) is 0 Å². The van der Waals surface area contributed by atoms with E-state index in [0.717, 1.165) is 31.5 Å². The Kier molecular flexibility index (Phi) is 3.62. The number of hydrogen-bond acceptors (Lipinski definition) is 2. The third-order valence-electron chi connectivity index (χ3n) is 3.81. The maximum atomic E-state index is 11.8. The molecule has 0 heterocycles. The van der Waals surface area contributed by atoms with E-state index in [1.165, 1.54) is 25.7 Å². The molecule has 3 nitrogen and oxygen atoms in total. The summed E-state index contributed by atoms with van der Waals surface area (Å²) in [5.41, 5.74) is 0. The first-order chi connectivity index (χ1) is 7.34. The lowest BCUT2D eigenvalue weighted by atomic mass is 10.0. The van der Waals surface area contributed by atoms with Crippen molar-refractivity contribution in [2.24, 2.45) is 17.8 Å². The predicted molar refractivity (Wildman–Crippen MR) is 60.5 cm³/mol. The van der Waals surface area contributed by atoms with Crippen molar-refractivity contribution in [3.63, 3.8) is 0 Å². The average Bonchev–Trinajstić information content (AvgIpc) is 2.98. The minimum atomic E-state index is 0.310. The number of amides is 1. The van der Waals surface area contributed by atoms with Crippen LogP contribution in [0.25, 0.3) is 0 Å². The van der Waals surface area contributed by atoms with Crippen molar-refractivity contribution >= 4 is 5.91 Å². The van der Waals surface area contributed by atoms with E-state index in [0.29, 0.717) is 11.8 Å². The van der Waals surface area contributed by atoms with Crippen molar-refractivity contribution in [2.75, 3.05) is 19.6 Å². The summed E-state index contributed by atoms with van der Waals surface area (Å²) < 4.78 is 0. The second kappa shape index (κ2) is 4.97. The molecule has 0 aromatic rings. The molecular formula is C12H22N2O. The summed E-state index contributed by atoms with van der Waals surface area (Å²) in [6.45, 7) is 4.73. The van der Waals surface area contributed by atoms with Gasteiger partial charge < -0.3 is 10.6 Å². The molecule has 2 N–H and O–H groups in total. The highest BCUT2D eigenvalue weighted by atomic mass is 16.2. The SMILES string of the molecule is CCNCCNC(=O)C1C2CCCCC21. The van der Waals surface area contributed by atoms with Gasteiger partial charge in [0.25, 0.3) is 0 Å². The van der Waals surface area contributed by atoms with Crippen molar-refractivity contribution in [3.8, 4) is 0 Å². The number of fused-ring (bicyclic) bond motifs is 1. The number of likely N-dealkylation sites (N-methyl/N-ethyl adjacent to an activating group) is 1. The summed E-state index contributed by atoms with van der Waals surface area (Å²) in [6.07, 6.45) is 5.25. The minimum absolute atomic E-state index is 0.310. The highest BCUT2D eigenvalue weighted by molar-refractivity contribution is 5.82. The lowest BCUT2D eigenvalue weighted by molar-refractivity contribution is -0.122. The molecule has 0 bridgehead atoms. The molecule has 0 aliphatic heterocycles. The Labute approximate surface area is 92.0 Å². The molecule has 0 spiro atoms. The largest absolute Gasteiger partial charge is 0.355 e. The molecular weight excluding hydrogens is 188 g/mol. The lowest BCUT2D eigenvalue weighted by Crippen LogP contribution is -2.33. The van der Waals surface area contributed by atoms with Crippen LogP contribution < -0.4 is 10.6 Å². The van der Waals surface area contributed by atoms with Gasteiger partial charge in [0.2, 0.25) is 5.91 Å². The van der Waals surface area contributed by atoms with Gasteiger partial charge in [-0.2, -0.15) is 0 Å². The fourth-order valence-corrected chi connectivity index (χ4v) is 2.95. The molecule has 3 heteroatoms. The molecule has 2 rings (SSSR count). The first-order valence-electron chi connectivity index (χ1n) is 6.33. The quantitative estimate of drug-likeness (QED) is 0.668. The summed E-state index contributed by atoms with van der Waals surface area (Å²) in [7, 11) is 0. The molecule has 0 aromatic heterocycles. The number of carbonyl (C=O) groups is 1. The van der Waals surface area contributed by atoms with E-state index < -0.39 is 0 Å². The first kappa shape index (κ1) is 10.9. The van der Waals surface area contributed by atoms with Crippen molar-refractivity contribution < 1.29 is 4.79 Å². The van der Waals surface area contributed by atoms with Crippen molar-refractivity contribution in [3.05, 3.63) is 0 Å². The number of hydrogen-bond donors (Lipinski definition) is 2. The normalized spacial score (nSPS) is 33.3. The monoisotopic (exact) mass is 210 g/mol. The Morgan fingerprint density at radius 1 is 1.20 bits per heavy atom. The average molecular weight is 210 g/mol. The Bertz CT molecular complexity index is 218. The van der Waals surface area contributed by atoms with E-state index in [1.807, 2.05) is 0 Å². The van der Waals surface area contributed by atoms with Crippen LogP contribution in [-0.4, -0.2) is 25.5 Å². The fraction of sp³-hybridized carbons (Fsp3) is 0.917. The zero-order valence-corrected chi connectivity index (χ0v) is 9.59. The van der Waals surface area contributed by atoms with Crippen LogP contribution in [0, 0.1) is 17.8 Å². The molecule has 2 aliphatic carbocycles. The second-order valence-electron chi connectivity index (χ2n) is 4.78. The van der Waals surface area contributed by atoms with E-state index in [4.69, 9.17) is 0 Å². The zero-order chi connectivity index (χ0) is 10.7. The highest BCUT2D eigenvalue weighted by Crippen LogP contribution is 2.55. The molecule has 86 valence electrons. The van der Waals surface area contributed by atoms with Crippen molar-refractivity contribution in [2.45, 2.75) is 32.6 Å². The molecule has 2 fully saturated rings. The number of rotatable bonds is 5. The van der Waals surface area contributed by atoms with Gasteiger partial charge in [-0.05, 0) is 31.2 Å². The van der Waals surface area contributed by atoms with Gasteiger partial charge in [-0.15, -0.1) is 0 Å². The van der Waals surface area contributed by atoms with Gasteiger partial charge in [0, 0.05) is 19.0 Å². The van der Waals surface area contributed by atoms with Crippen LogP contribution in [0.3, 0.4) is 0 Å². The van der Waals surface area contributed by atoms with Gasteiger partial charge in [-0.1, -0.05) is 19.8 Å². The van der Waals surface area contributed by atoms with Crippen LogP contribution >= 0.6 is 0 Å². The first-order valence-corrected chi connectivity index (χ1v) is 6.33. The van der Waals surface area contributed by atoms with E-state index in [-0.39, 0.29) is 0 Å². The van der Waals surface area contributed by atoms with Crippen molar-refractivity contribution in [1.29, 1.82) is 0 Å². The highest BCUT2D eigenvalue weighted by Gasteiger charge is 2.54. The molecule has 2 saturated carbocycles. The molecule has 0 aromatic carbocycles. The summed E-state index contributed by atoms with van der Waals surface area (Å²) in [4.78, 5) is 11.8. The van der Waals surface area contributed by atoms with Gasteiger partial charge in [0.1, 0.15) is 0 Å². The van der Waals surface area contributed by atoms with Crippen LogP contribution in [0.4, 0.5) is 0 Å². The molecule has 1 amide bonds. The van der Waals surface area contributed by atoms with Crippen LogP contribution in [0.15, 0.2) is 0 Å². The molecule has 0 saturated heterocycles. The van der Waals surface area contributed by atoms with Gasteiger partial charge in [-0.25, -0.2) is 0 Å². The van der Waals surface area contributed by atoms with Crippen LogP contribution in [0.5, 0.6) is 0 Å². The molecule has 0 radical (unpaired) electrons. The van der Waals surface area contributed by atoms with Crippen LogP contribution in [0.1, 0.15) is 32.6 Å². The lowest BCUT2D eigenvalue weighted by Gasteiger charge is -2.04. The Balaban J connectivity index is 1.64. The van der Waals surface area contributed by atoms with Gasteiger partial charge in [-0.3, -0.25) is 4.79 Å². The molecule has 15 heavy (non-hydrogen) atoms. The van der Waals surface area contributed by atoms with Crippen LogP contribution in [-0.2, 0) is 4.79 Å². The minimum Gasteiger partial charge on any atom is -0.355 e. The maximum Gasteiger partial charge on any atom is 0.223 e. The number of carbonyl (C=O) groups excluding carboxylic acids is 1. The standard InChI is InChI=1S/C12H22N2O/c1-2-13-7-8-14-12(15)11-9-5-3-4-6-10(9)11/h9-11,13H,2-8H2,1H3,(H,14,15). The summed E-state index contributed by atoms with van der Waals surface area (Å²) in [5.74, 6) is 2.15. The van der Waals surface area contributed by atoms with Gasteiger partial charge in [0.15, 0.2) is 0 Å². The predicted octanol–water partition coefficient (Wildman–Crippen LogP) is 1.15. The Hall–Kier alpha value is -0.570. The fourth-order valence-electron chi connectivity index (χ4n) is 2.95. The summed E-state index contributed by atoms with van der Waals surface area (Å²) >= 11 is 0. The number of nitrogens with one attached hydrogen (secondary N) is 2. The third kappa shape index (κ3) is 2.51. The van der Waals surface area contributed by atoms with E-state index >= 15 is 0 Å². The maximum absolute atomic E-state index is 11.8. The summed E-state index contributed by atoms with van der Waals surface area (Å²) in [6, 6.07) is 0. The van der Waals surface area contributed by atoms with E-state index in [9.17, 15) is 4.79 Å². The molecule has 2 atom stereocenters. The second-order valence-corrected chi connectivity index (χ2v) is 4.78. The smallest absolute Gasteiger partial charge is 0.223 e. The molecule has 2 unspecified atom stereocenters. The third-order valence-corrected chi connectivity index (χ3v) is 3.81. The summed E-state index contributed by atoms with van der Waals surface area (Å²) in [5, 5.41) is 6.25. The molecule has 2 aliphatic rings. The zero-order valence-electron chi connectivity index (χ0n) is 9.59. The topological polar surface area (TPSA) is 41.1 Å². The van der Waals surface area contributed by atoms with E-state index in [2.05, 4.69) is 17.6 Å². The van der Waals surface area contributed by atoms with Gasteiger partial charge >= 0.3 is 0 Å².